The maximum absolute atomic E-state index is 13.1. The SMILES string of the molecule is COc1ccc2c(c1)c(CCC(=O)O)cn2S(=O)(=O)c1cccc(Cl)c1. The van der Waals surface area contributed by atoms with E-state index in [0.29, 0.717) is 27.2 Å². The first-order valence-electron chi connectivity index (χ1n) is 7.74. The van der Waals surface area contributed by atoms with Gasteiger partial charge in [-0.05, 0) is 48.4 Å². The summed E-state index contributed by atoms with van der Waals surface area (Å²) in [6.45, 7) is 0. The lowest BCUT2D eigenvalue weighted by atomic mass is 10.1. The Morgan fingerprint density at radius 3 is 2.65 bits per heavy atom. The van der Waals surface area contributed by atoms with Crippen LogP contribution in [-0.4, -0.2) is 30.6 Å². The molecule has 0 amide bonds. The van der Waals surface area contributed by atoms with E-state index < -0.39 is 16.0 Å². The van der Waals surface area contributed by atoms with Gasteiger partial charge in [0.15, 0.2) is 0 Å². The third kappa shape index (κ3) is 3.40. The van der Waals surface area contributed by atoms with Crippen LogP contribution < -0.4 is 4.74 Å². The van der Waals surface area contributed by atoms with Crippen molar-refractivity contribution in [1.82, 2.24) is 3.97 Å². The molecule has 0 aliphatic rings. The maximum Gasteiger partial charge on any atom is 0.303 e. The van der Waals surface area contributed by atoms with Gasteiger partial charge in [-0.2, -0.15) is 0 Å². The molecule has 0 aliphatic heterocycles. The maximum atomic E-state index is 13.1. The van der Waals surface area contributed by atoms with Crippen molar-refractivity contribution in [2.24, 2.45) is 0 Å². The van der Waals surface area contributed by atoms with E-state index in [4.69, 9.17) is 21.4 Å². The summed E-state index contributed by atoms with van der Waals surface area (Å²) in [6, 6.07) is 11.0. The minimum absolute atomic E-state index is 0.0579. The number of hydrogen-bond acceptors (Lipinski definition) is 4. The van der Waals surface area contributed by atoms with Crippen LogP contribution in [0.5, 0.6) is 5.75 Å². The summed E-state index contributed by atoms with van der Waals surface area (Å²) in [6.07, 6.45) is 1.56. The van der Waals surface area contributed by atoms with Crippen molar-refractivity contribution in [3.63, 3.8) is 0 Å². The van der Waals surface area contributed by atoms with Crippen LogP contribution in [0.15, 0.2) is 53.6 Å². The Morgan fingerprint density at radius 1 is 1.23 bits per heavy atom. The molecular formula is C18H16ClNO5S. The van der Waals surface area contributed by atoms with Gasteiger partial charge in [0.05, 0.1) is 17.5 Å². The van der Waals surface area contributed by atoms with Gasteiger partial charge in [0.2, 0.25) is 0 Å². The molecule has 0 radical (unpaired) electrons. The van der Waals surface area contributed by atoms with E-state index in [1.54, 1.807) is 30.3 Å². The largest absolute Gasteiger partial charge is 0.497 e. The van der Waals surface area contributed by atoms with Crippen LogP contribution >= 0.6 is 11.6 Å². The molecule has 6 nitrogen and oxygen atoms in total. The molecule has 0 atom stereocenters. The van der Waals surface area contributed by atoms with Crippen LogP contribution in [0.25, 0.3) is 10.9 Å². The van der Waals surface area contributed by atoms with Crippen molar-refractivity contribution in [3.8, 4) is 5.75 Å². The fourth-order valence-electron chi connectivity index (χ4n) is 2.75. The summed E-state index contributed by atoms with van der Waals surface area (Å²) < 4.78 is 32.5. The number of rotatable bonds is 6. The Morgan fingerprint density at radius 2 is 2.00 bits per heavy atom. The average molecular weight is 394 g/mol. The molecule has 0 saturated carbocycles. The molecule has 136 valence electrons. The Hall–Kier alpha value is -2.51. The zero-order valence-electron chi connectivity index (χ0n) is 13.8. The number of methoxy groups -OCH3 is 1. The molecule has 0 spiro atoms. The number of halogens is 1. The van der Waals surface area contributed by atoms with E-state index in [-0.39, 0.29) is 17.7 Å². The molecule has 1 heterocycles. The second kappa shape index (κ2) is 7.01. The number of carboxylic acids is 1. The van der Waals surface area contributed by atoms with Gasteiger partial charge in [-0.25, -0.2) is 12.4 Å². The van der Waals surface area contributed by atoms with Crippen LogP contribution in [0.4, 0.5) is 0 Å². The summed E-state index contributed by atoms with van der Waals surface area (Å²) in [4.78, 5) is 11.0. The molecule has 0 unspecified atom stereocenters. The van der Waals surface area contributed by atoms with Crippen molar-refractivity contribution < 1.29 is 23.1 Å². The number of carbonyl (C=O) groups is 1. The van der Waals surface area contributed by atoms with Gasteiger partial charge in [-0.3, -0.25) is 4.79 Å². The first kappa shape index (κ1) is 18.3. The highest BCUT2D eigenvalue weighted by Crippen LogP contribution is 2.30. The number of aliphatic carboxylic acids is 1. The topological polar surface area (TPSA) is 85.6 Å². The number of ether oxygens (including phenoxy) is 1. The fraction of sp³-hybridized carbons (Fsp3) is 0.167. The Labute approximate surface area is 155 Å². The van der Waals surface area contributed by atoms with Crippen LogP contribution in [0, 0.1) is 0 Å². The molecule has 1 aromatic heterocycles. The minimum Gasteiger partial charge on any atom is -0.497 e. The number of aryl methyl sites for hydroxylation is 1. The molecule has 3 aromatic rings. The van der Waals surface area contributed by atoms with Crippen molar-refractivity contribution in [3.05, 3.63) is 59.2 Å². The van der Waals surface area contributed by atoms with E-state index in [9.17, 15) is 13.2 Å². The lowest BCUT2D eigenvalue weighted by Crippen LogP contribution is -2.11. The lowest BCUT2D eigenvalue weighted by Gasteiger charge is -2.08. The lowest BCUT2D eigenvalue weighted by molar-refractivity contribution is -0.136. The van der Waals surface area contributed by atoms with Crippen molar-refractivity contribution in [2.75, 3.05) is 7.11 Å². The third-order valence-corrected chi connectivity index (χ3v) is 5.93. The van der Waals surface area contributed by atoms with Gasteiger partial charge in [0.1, 0.15) is 5.75 Å². The molecule has 8 heteroatoms. The van der Waals surface area contributed by atoms with Gasteiger partial charge in [-0.1, -0.05) is 17.7 Å². The molecule has 3 rings (SSSR count). The van der Waals surface area contributed by atoms with E-state index in [2.05, 4.69) is 0 Å². The van der Waals surface area contributed by atoms with Gasteiger partial charge in [0, 0.05) is 23.0 Å². The van der Waals surface area contributed by atoms with Crippen LogP contribution in [0.2, 0.25) is 5.02 Å². The molecule has 0 bridgehead atoms. The van der Waals surface area contributed by atoms with Gasteiger partial charge in [-0.15, -0.1) is 0 Å². The number of fused-ring (bicyclic) bond motifs is 1. The predicted octanol–water partition coefficient (Wildman–Crippen LogP) is 3.56. The molecule has 0 fully saturated rings. The third-order valence-electron chi connectivity index (χ3n) is 4.02. The number of nitrogens with zero attached hydrogens (tertiary/aromatic N) is 1. The summed E-state index contributed by atoms with van der Waals surface area (Å²) >= 11 is 5.93. The highest BCUT2D eigenvalue weighted by atomic mass is 35.5. The molecule has 0 saturated heterocycles. The Bertz CT molecular complexity index is 1090. The van der Waals surface area contributed by atoms with Crippen LogP contribution in [-0.2, 0) is 21.2 Å². The summed E-state index contributed by atoms with van der Waals surface area (Å²) in [5.41, 5.74) is 1.07. The van der Waals surface area contributed by atoms with Crippen molar-refractivity contribution in [1.29, 1.82) is 0 Å². The summed E-state index contributed by atoms with van der Waals surface area (Å²) in [5.74, 6) is -0.390. The number of hydrogen-bond donors (Lipinski definition) is 1. The Balaban J connectivity index is 2.21. The summed E-state index contributed by atoms with van der Waals surface area (Å²) in [5, 5.41) is 9.91. The number of benzene rings is 2. The van der Waals surface area contributed by atoms with E-state index in [0.717, 1.165) is 3.97 Å². The zero-order valence-corrected chi connectivity index (χ0v) is 15.4. The van der Waals surface area contributed by atoms with Gasteiger partial charge < -0.3 is 9.84 Å². The highest BCUT2D eigenvalue weighted by molar-refractivity contribution is 7.90. The monoisotopic (exact) mass is 393 g/mol. The summed E-state index contributed by atoms with van der Waals surface area (Å²) in [7, 11) is -2.37. The first-order valence-corrected chi connectivity index (χ1v) is 9.55. The molecule has 26 heavy (non-hydrogen) atoms. The second-order valence-electron chi connectivity index (χ2n) is 5.69. The standard InChI is InChI=1S/C18H16ClNO5S/c1-25-14-6-7-17-16(10-14)12(5-8-18(21)22)11-20(17)26(23,24)15-4-2-3-13(19)9-15/h2-4,6-7,9-11H,5,8H2,1H3,(H,21,22). The van der Waals surface area contributed by atoms with Gasteiger partial charge >= 0.3 is 5.97 Å². The van der Waals surface area contributed by atoms with Crippen molar-refractivity contribution in [2.45, 2.75) is 17.7 Å². The molecular weight excluding hydrogens is 378 g/mol. The fourth-order valence-corrected chi connectivity index (χ4v) is 4.45. The van der Waals surface area contributed by atoms with Crippen molar-refractivity contribution >= 4 is 38.5 Å². The van der Waals surface area contributed by atoms with Crippen LogP contribution in [0.1, 0.15) is 12.0 Å². The zero-order chi connectivity index (χ0) is 18.9. The average Bonchev–Trinajstić information content (AvgIpc) is 2.98. The molecule has 2 aromatic carbocycles. The van der Waals surface area contributed by atoms with Crippen LogP contribution in [0.3, 0.4) is 0 Å². The predicted molar refractivity (Wildman–Crippen MR) is 98.5 cm³/mol. The van der Waals surface area contributed by atoms with E-state index in [1.165, 1.54) is 25.4 Å². The second-order valence-corrected chi connectivity index (χ2v) is 7.94. The Kier molecular flexibility index (Phi) is 4.93. The first-order chi connectivity index (χ1) is 12.3. The normalized spacial score (nSPS) is 11.6. The highest BCUT2D eigenvalue weighted by Gasteiger charge is 2.22. The number of aromatic nitrogens is 1. The smallest absolute Gasteiger partial charge is 0.303 e. The molecule has 0 aliphatic carbocycles. The molecule has 1 N–H and O–H groups in total. The van der Waals surface area contributed by atoms with Gasteiger partial charge in [0.25, 0.3) is 10.0 Å². The van der Waals surface area contributed by atoms with E-state index in [1.807, 2.05) is 0 Å². The quantitative estimate of drug-likeness (QED) is 0.692. The minimum atomic E-state index is -3.88. The number of carboxylic acid groups (broad SMARTS) is 1. The van der Waals surface area contributed by atoms with E-state index >= 15 is 0 Å².